The lowest BCUT2D eigenvalue weighted by Crippen LogP contribution is -2.02. The van der Waals surface area contributed by atoms with Gasteiger partial charge in [-0.2, -0.15) is 8.78 Å². The molecule has 0 aliphatic carbocycles. The summed E-state index contributed by atoms with van der Waals surface area (Å²) in [5, 5.41) is 1.01. The fourth-order valence-electron chi connectivity index (χ4n) is 1.59. The zero-order valence-corrected chi connectivity index (χ0v) is 11.6. The summed E-state index contributed by atoms with van der Waals surface area (Å²) >= 11 is 17.6. The Morgan fingerprint density at radius 2 is 1.47 bits per heavy atom. The highest BCUT2D eigenvalue weighted by Gasteiger charge is 2.10. The van der Waals surface area contributed by atoms with Crippen LogP contribution in [0.2, 0.25) is 15.1 Å². The molecule has 100 valence electrons. The van der Waals surface area contributed by atoms with Crippen LogP contribution >= 0.6 is 34.8 Å². The highest BCUT2D eigenvalue weighted by molar-refractivity contribution is 6.35. The summed E-state index contributed by atoms with van der Waals surface area (Å²) in [5.41, 5.74) is 1.32. The van der Waals surface area contributed by atoms with E-state index in [-0.39, 0.29) is 10.8 Å². The molecule has 0 bridgehead atoms. The molecule has 19 heavy (non-hydrogen) atoms. The third-order valence-electron chi connectivity index (χ3n) is 2.34. The van der Waals surface area contributed by atoms with Crippen LogP contribution in [0, 0.1) is 0 Å². The molecule has 2 aromatic carbocycles. The largest absolute Gasteiger partial charge is 0.433 e. The highest BCUT2D eigenvalue weighted by Crippen LogP contribution is 2.33. The van der Waals surface area contributed by atoms with Gasteiger partial charge in [-0.05, 0) is 41.5 Å². The quantitative estimate of drug-likeness (QED) is 0.681. The third kappa shape index (κ3) is 3.72. The molecule has 0 aliphatic rings. The first kappa shape index (κ1) is 14.4. The molecule has 6 heteroatoms. The molecule has 0 saturated heterocycles. The first-order valence-electron chi connectivity index (χ1n) is 5.16. The summed E-state index contributed by atoms with van der Waals surface area (Å²) < 4.78 is 28.8. The SMILES string of the molecule is FC(F)Oc1cc(-c2cc(Cl)cc(Cl)c2)ccc1Cl. The van der Waals surface area contributed by atoms with Crippen molar-refractivity contribution in [1.82, 2.24) is 0 Å². The molecular weight excluding hydrogens is 316 g/mol. The molecule has 2 aromatic rings. The Morgan fingerprint density at radius 3 is 2.05 bits per heavy atom. The predicted molar refractivity (Wildman–Crippen MR) is 73.5 cm³/mol. The van der Waals surface area contributed by atoms with Crippen LogP contribution in [0.25, 0.3) is 11.1 Å². The van der Waals surface area contributed by atoms with Crippen molar-refractivity contribution in [3.63, 3.8) is 0 Å². The predicted octanol–water partition coefficient (Wildman–Crippen LogP) is 5.92. The third-order valence-corrected chi connectivity index (χ3v) is 3.09. The van der Waals surface area contributed by atoms with E-state index in [1.807, 2.05) is 0 Å². The minimum absolute atomic E-state index is 0.0923. The maximum absolute atomic E-state index is 12.2. The van der Waals surface area contributed by atoms with E-state index in [0.717, 1.165) is 0 Å². The number of alkyl halides is 2. The van der Waals surface area contributed by atoms with E-state index < -0.39 is 6.61 Å². The Hall–Kier alpha value is -1.03. The minimum Gasteiger partial charge on any atom is -0.433 e. The van der Waals surface area contributed by atoms with Crippen molar-refractivity contribution in [3.05, 3.63) is 51.5 Å². The van der Waals surface area contributed by atoms with Gasteiger partial charge in [0, 0.05) is 10.0 Å². The van der Waals surface area contributed by atoms with Crippen molar-refractivity contribution in [2.24, 2.45) is 0 Å². The second kappa shape index (κ2) is 5.95. The molecule has 1 nitrogen and oxygen atoms in total. The van der Waals surface area contributed by atoms with Gasteiger partial charge in [0.05, 0.1) is 5.02 Å². The molecule has 0 amide bonds. The number of hydrogen-bond acceptors (Lipinski definition) is 1. The topological polar surface area (TPSA) is 9.23 Å². The second-order valence-corrected chi connectivity index (χ2v) is 4.96. The first-order valence-corrected chi connectivity index (χ1v) is 6.30. The molecule has 0 heterocycles. The molecule has 0 N–H and O–H groups in total. The average molecular weight is 324 g/mol. The summed E-state index contributed by atoms with van der Waals surface area (Å²) in [6.07, 6.45) is 0. The van der Waals surface area contributed by atoms with E-state index in [1.54, 1.807) is 24.3 Å². The highest BCUT2D eigenvalue weighted by atomic mass is 35.5. The van der Waals surface area contributed by atoms with Crippen LogP contribution in [0.15, 0.2) is 36.4 Å². The first-order chi connectivity index (χ1) is 8.95. The molecule has 0 aliphatic heterocycles. The summed E-state index contributed by atoms with van der Waals surface area (Å²) in [6, 6.07) is 9.48. The molecule has 0 saturated carbocycles. The minimum atomic E-state index is -2.93. The van der Waals surface area contributed by atoms with Gasteiger partial charge >= 0.3 is 6.61 Å². The smallest absolute Gasteiger partial charge is 0.387 e. The Labute approximate surface area is 123 Å². The van der Waals surface area contributed by atoms with Gasteiger partial charge in [0.25, 0.3) is 0 Å². The van der Waals surface area contributed by atoms with Gasteiger partial charge in [-0.3, -0.25) is 0 Å². The van der Waals surface area contributed by atoms with Crippen LogP contribution < -0.4 is 4.74 Å². The molecule has 2 rings (SSSR count). The summed E-state index contributed by atoms with van der Waals surface area (Å²) in [7, 11) is 0. The molecule has 0 spiro atoms. The zero-order valence-electron chi connectivity index (χ0n) is 9.34. The van der Waals surface area contributed by atoms with Crippen molar-refractivity contribution < 1.29 is 13.5 Å². The van der Waals surface area contributed by atoms with E-state index in [9.17, 15) is 8.78 Å². The van der Waals surface area contributed by atoms with E-state index in [4.69, 9.17) is 34.8 Å². The summed E-state index contributed by atoms with van der Waals surface area (Å²) in [4.78, 5) is 0. The van der Waals surface area contributed by atoms with Crippen LogP contribution in [0.3, 0.4) is 0 Å². The standard InChI is InChI=1S/C13H7Cl3F2O/c14-9-3-8(4-10(15)6-9)7-1-2-11(16)12(5-7)19-13(17)18/h1-6,13H. The average Bonchev–Trinajstić information content (AvgIpc) is 2.30. The lowest BCUT2D eigenvalue weighted by molar-refractivity contribution is -0.0497. The van der Waals surface area contributed by atoms with E-state index in [1.165, 1.54) is 12.1 Å². The van der Waals surface area contributed by atoms with Gasteiger partial charge in [0.1, 0.15) is 5.75 Å². The van der Waals surface area contributed by atoms with Crippen LogP contribution in [0.1, 0.15) is 0 Å². The Morgan fingerprint density at radius 1 is 0.842 bits per heavy atom. The molecule has 0 radical (unpaired) electrons. The number of hydrogen-bond donors (Lipinski definition) is 0. The van der Waals surface area contributed by atoms with Gasteiger partial charge in [-0.25, -0.2) is 0 Å². The van der Waals surface area contributed by atoms with Gasteiger partial charge in [-0.1, -0.05) is 40.9 Å². The Kier molecular flexibility index (Phi) is 4.50. The Balaban J connectivity index is 2.45. The normalized spacial score (nSPS) is 10.8. The summed E-state index contributed by atoms with van der Waals surface area (Å²) in [6.45, 7) is -2.93. The van der Waals surface area contributed by atoms with Crippen molar-refractivity contribution in [2.45, 2.75) is 6.61 Å². The van der Waals surface area contributed by atoms with Crippen LogP contribution in [-0.2, 0) is 0 Å². The van der Waals surface area contributed by atoms with Crippen LogP contribution in [-0.4, -0.2) is 6.61 Å². The van der Waals surface area contributed by atoms with E-state index >= 15 is 0 Å². The molecule has 0 aromatic heterocycles. The van der Waals surface area contributed by atoms with Crippen molar-refractivity contribution in [2.75, 3.05) is 0 Å². The fourth-order valence-corrected chi connectivity index (χ4v) is 2.28. The summed E-state index contributed by atoms with van der Waals surface area (Å²) in [5.74, 6) is -0.0923. The van der Waals surface area contributed by atoms with Crippen molar-refractivity contribution >= 4 is 34.8 Å². The van der Waals surface area contributed by atoms with Gasteiger partial charge in [-0.15, -0.1) is 0 Å². The molecule has 0 atom stereocenters. The van der Waals surface area contributed by atoms with Gasteiger partial charge in [0.15, 0.2) is 0 Å². The molecule has 0 fully saturated rings. The lowest BCUT2D eigenvalue weighted by atomic mass is 10.1. The monoisotopic (exact) mass is 322 g/mol. The number of benzene rings is 2. The van der Waals surface area contributed by atoms with Crippen molar-refractivity contribution in [3.8, 4) is 16.9 Å². The maximum Gasteiger partial charge on any atom is 0.387 e. The Bertz CT molecular complexity index is 582. The zero-order chi connectivity index (χ0) is 14.0. The second-order valence-electron chi connectivity index (χ2n) is 3.68. The number of halogens is 5. The van der Waals surface area contributed by atoms with Crippen molar-refractivity contribution in [1.29, 1.82) is 0 Å². The van der Waals surface area contributed by atoms with Gasteiger partial charge < -0.3 is 4.74 Å². The van der Waals surface area contributed by atoms with E-state index in [2.05, 4.69) is 4.74 Å². The number of rotatable bonds is 3. The molecule has 0 unspecified atom stereocenters. The van der Waals surface area contributed by atoms with Crippen LogP contribution in [0.5, 0.6) is 5.75 Å². The molecular formula is C13H7Cl3F2O. The fraction of sp³-hybridized carbons (Fsp3) is 0.0769. The van der Waals surface area contributed by atoms with Gasteiger partial charge in [0.2, 0.25) is 0 Å². The van der Waals surface area contributed by atoms with Crippen LogP contribution in [0.4, 0.5) is 8.78 Å². The number of ether oxygens (including phenoxy) is 1. The maximum atomic E-state index is 12.2. The lowest BCUT2D eigenvalue weighted by Gasteiger charge is -2.09. The van der Waals surface area contributed by atoms with E-state index in [0.29, 0.717) is 21.2 Å².